The van der Waals surface area contributed by atoms with Gasteiger partial charge in [0.1, 0.15) is 0 Å². The first kappa shape index (κ1) is 16.2. The Hall–Kier alpha value is -1.84. The SMILES string of the molecule is O=C(O)c1ccncc1NS(=O)(=O)CCCC(F)(F)F. The maximum Gasteiger partial charge on any atom is 0.389 e. The third kappa shape index (κ3) is 5.43. The Kier molecular flexibility index (Phi) is 4.93. The smallest absolute Gasteiger partial charge is 0.389 e. The zero-order chi connectivity index (χ0) is 15.4. The molecule has 0 unspecified atom stereocenters. The van der Waals surface area contributed by atoms with Gasteiger partial charge in [0.2, 0.25) is 10.0 Å². The number of carboxylic acid groups (broad SMARTS) is 1. The molecule has 0 radical (unpaired) electrons. The number of hydrogen-bond acceptors (Lipinski definition) is 4. The van der Waals surface area contributed by atoms with E-state index in [0.29, 0.717) is 0 Å². The number of hydrogen-bond donors (Lipinski definition) is 2. The quantitative estimate of drug-likeness (QED) is 0.836. The highest BCUT2D eigenvalue weighted by molar-refractivity contribution is 7.92. The van der Waals surface area contributed by atoms with E-state index in [4.69, 9.17) is 5.11 Å². The molecule has 1 rings (SSSR count). The van der Waals surface area contributed by atoms with Crippen molar-refractivity contribution in [2.24, 2.45) is 0 Å². The molecule has 0 amide bonds. The minimum absolute atomic E-state index is 0.285. The van der Waals surface area contributed by atoms with Crippen LogP contribution >= 0.6 is 0 Å². The highest BCUT2D eigenvalue weighted by Crippen LogP contribution is 2.22. The Morgan fingerprint density at radius 3 is 2.60 bits per heavy atom. The molecular formula is C10H11F3N2O4S. The van der Waals surface area contributed by atoms with Gasteiger partial charge in [0, 0.05) is 12.6 Å². The second kappa shape index (κ2) is 6.07. The van der Waals surface area contributed by atoms with E-state index in [1.54, 1.807) is 0 Å². The molecule has 6 nitrogen and oxygen atoms in total. The lowest BCUT2D eigenvalue weighted by molar-refractivity contribution is -0.134. The lowest BCUT2D eigenvalue weighted by Gasteiger charge is -2.10. The number of carboxylic acids is 1. The summed E-state index contributed by atoms with van der Waals surface area (Å²) in [6.07, 6.45) is -4.14. The van der Waals surface area contributed by atoms with Crippen molar-refractivity contribution in [3.63, 3.8) is 0 Å². The molecule has 0 bridgehead atoms. The number of rotatable bonds is 6. The lowest BCUT2D eigenvalue weighted by Crippen LogP contribution is -2.20. The molecule has 0 spiro atoms. The summed E-state index contributed by atoms with van der Waals surface area (Å²) in [5.74, 6) is -2.14. The van der Waals surface area contributed by atoms with Crippen LogP contribution in [-0.4, -0.2) is 36.4 Å². The molecule has 1 heterocycles. The largest absolute Gasteiger partial charge is 0.478 e. The minimum atomic E-state index is -4.43. The number of halogens is 3. The molecule has 0 aliphatic heterocycles. The fourth-order valence-electron chi connectivity index (χ4n) is 1.34. The van der Waals surface area contributed by atoms with Crippen LogP contribution in [0.25, 0.3) is 0 Å². The Balaban J connectivity index is 2.74. The van der Waals surface area contributed by atoms with Crippen molar-refractivity contribution in [2.45, 2.75) is 19.0 Å². The van der Waals surface area contributed by atoms with Crippen molar-refractivity contribution in [3.05, 3.63) is 24.0 Å². The molecule has 20 heavy (non-hydrogen) atoms. The molecule has 1 aromatic rings. The van der Waals surface area contributed by atoms with Crippen LogP contribution < -0.4 is 4.72 Å². The van der Waals surface area contributed by atoms with E-state index in [1.807, 2.05) is 4.72 Å². The third-order valence-electron chi connectivity index (χ3n) is 2.19. The van der Waals surface area contributed by atoms with Crippen LogP contribution in [0, 0.1) is 0 Å². The highest BCUT2D eigenvalue weighted by atomic mass is 32.2. The van der Waals surface area contributed by atoms with E-state index < -0.39 is 40.8 Å². The molecule has 0 saturated carbocycles. The number of aromatic carboxylic acids is 1. The van der Waals surface area contributed by atoms with Gasteiger partial charge in [0.15, 0.2) is 0 Å². The number of anilines is 1. The molecule has 2 N–H and O–H groups in total. The van der Waals surface area contributed by atoms with E-state index >= 15 is 0 Å². The average Bonchev–Trinajstić information content (AvgIpc) is 2.26. The molecule has 1 aromatic heterocycles. The van der Waals surface area contributed by atoms with Gasteiger partial charge < -0.3 is 5.11 Å². The summed E-state index contributed by atoms with van der Waals surface area (Å²) in [6, 6.07) is 1.08. The zero-order valence-corrected chi connectivity index (χ0v) is 10.8. The number of carbonyl (C=O) groups is 1. The Bertz CT molecular complexity index is 586. The molecule has 0 atom stereocenters. The van der Waals surface area contributed by atoms with E-state index in [2.05, 4.69) is 4.98 Å². The Morgan fingerprint density at radius 2 is 2.05 bits per heavy atom. The lowest BCUT2D eigenvalue weighted by atomic mass is 10.2. The first-order valence-electron chi connectivity index (χ1n) is 5.35. The van der Waals surface area contributed by atoms with Crippen molar-refractivity contribution in [1.82, 2.24) is 4.98 Å². The van der Waals surface area contributed by atoms with Crippen LogP contribution in [0.5, 0.6) is 0 Å². The van der Waals surface area contributed by atoms with E-state index in [-0.39, 0.29) is 11.3 Å². The van der Waals surface area contributed by atoms with Crippen molar-refractivity contribution in [2.75, 3.05) is 10.5 Å². The predicted octanol–water partition coefficient (Wildman–Crippen LogP) is 1.86. The number of nitrogens with zero attached hydrogens (tertiary/aromatic N) is 1. The summed E-state index contributed by atoms with van der Waals surface area (Å²) in [4.78, 5) is 14.4. The predicted molar refractivity (Wildman–Crippen MR) is 63.9 cm³/mol. The van der Waals surface area contributed by atoms with Crippen LogP contribution in [0.1, 0.15) is 23.2 Å². The van der Waals surface area contributed by atoms with Gasteiger partial charge in [-0.25, -0.2) is 13.2 Å². The molecular weight excluding hydrogens is 301 g/mol. The Labute approximate surface area is 112 Å². The van der Waals surface area contributed by atoms with Crippen molar-refractivity contribution >= 4 is 21.7 Å². The summed E-state index contributed by atoms with van der Waals surface area (Å²) >= 11 is 0. The van der Waals surface area contributed by atoms with Gasteiger partial charge in [-0.05, 0) is 12.5 Å². The molecule has 10 heteroatoms. The average molecular weight is 312 g/mol. The molecule has 0 aromatic carbocycles. The summed E-state index contributed by atoms with van der Waals surface area (Å²) in [6.45, 7) is 0. The van der Waals surface area contributed by atoms with Crippen LogP contribution in [0.4, 0.5) is 18.9 Å². The molecule has 0 fully saturated rings. The molecule has 0 saturated heterocycles. The second-order valence-electron chi connectivity index (χ2n) is 3.87. The van der Waals surface area contributed by atoms with Crippen LogP contribution in [0.2, 0.25) is 0 Å². The third-order valence-corrected chi connectivity index (χ3v) is 3.55. The number of pyridine rings is 1. The van der Waals surface area contributed by atoms with Crippen molar-refractivity contribution in [1.29, 1.82) is 0 Å². The Morgan fingerprint density at radius 1 is 1.40 bits per heavy atom. The summed E-state index contributed by atoms with van der Waals surface area (Å²) in [5, 5.41) is 8.83. The van der Waals surface area contributed by atoms with E-state index in [0.717, 1.165) is 18.5 Å². The number of nitrogens with one attached hydrogen (secondary N) is 1. The van der Waals surface area contributed by atoms with Gasteiger partial charge in [-0.15, -0.1) is 0 Å². The standard InChI is InChI=1S/C10H11F3N2O4S/c11-10(12,13)3-1-5-20(18,19)15-8-6-14-4-2-7(8)9(16)17/h2,4,6,15H,1,3,5H2,(H,16,17). The van der Waals surface area contributed by atoms with Gasteiger partial charge in [-0.1, -0.05) is 0 Å². The van der Waals surface area contributed by atoms with Crippen LogP contribution in [0.15, 0.2) is 18.5 Å². The molecule has 0 aliphatic rings. The number of aromatic nitrogens is 1. The molecule has 0 aliphatic carbocycles. The van der Waals surface area contributed by atoms with E-state index in [9.17, 15) is 26.4 Å². The zero-order valence-electron chi connectivity index (χ0n) is 10.0. The first-order chi connectivity index (χ1) is 9.11. The van der Waals surface area contributed by atoms with Crippen LogP contribution in [0.3, 0.4) is 0 Å². The highest BCUT2D eigenvalue weighted by Gasteiger charge is 2.27. The van der Waals surface area contributed by atoms with E-state index in [1.165, 1.54) is 0 Å². The maximum absolute atomic E-state index is 11.9. The van der Waals surface area contributed by atoms with Gasteiger partial charge in [-0.2, -0.15) is 13.2 Å². The fourth-order valence-corrected chi connectivity index (χ4v) is 2.47. The van der Waals surface area contributed by atoms with Gasteiger partial charge in [-0.3, -0.25) is 9.71 Å². The van der Waals surface area contributed by atoms with Crippen molar-refractivity contribution in [3.8, 4) is 0 Å². The summed E-state index contributed by atoms with van der Waals surface area (Å²) in [7, 11) is -4.07. The number of alkyl halides is 3. The maximum atomic E-state index is 11.9. The summed E-state index contributed by atoms with van der Waals surface area (Å²) < 4.78 is 60.8. The monoisotopic (exact) mass is 312 g/mol. The second-order valence-corrected chi connectivity index (χ2v) is 5.71. The fraction of sp³-hybridized carbons (Fsp3) is 0.400. The minimum Gasteiger partial charge on any atom is -0.478 e. The number of sulfonamides is 1. The van der Waals surface area contributed by atoms with Crippen LogP contribution in [-0.2, 0) is 10.0 Å². The van der Waals surface area contributed by atoms with Crippen molar-refractivity contribution < 1.29 is 31.5 Å². The molecule has 112 valence electrons. The normalized spacial score (nSPS) is 12.2. The van der Waals surface area contributed by atoms with Gasteiger partial charge in [0.05, 0.1) is 23.2 Å². The first-order valence-corrected chi connectivity index (χ1v) is 7.00. The van der Waals surface area contributed by atoms with Gasteiger partial charge in [0.25, 0.3) is 0 Å². The summed E-state index contributed by atoms with van der Waals surface area (Å²) in [5.41, 5.74) is -0.619. The van der Waals surface area contributed by atoms with Gasteiger partial charge >= 0.3 is 12.1 Å². The topological polar surface area (TPSA) is 96.4 Å².